The number of aromatic nitrogens is 2. The molecule has 156 valence electrons. The molecule has 2 aliphatic rings. The molecule has 2 fully saturated rings. The maximum atomic E-state index is 12.8. The molecule has 1 aromatic heterocycles. The first-order valence-electron chi connectivity index (χ1n) is 9.18. The maximum Gasteiger partial charge on any atom is 0.242 e. The summed E-state index contributed by atoms with van der Waals surface area (Å²) >= 11 is 0. The van der Waals surface area contributed by atoms with E-state index in [2.05, 4.69) is 15.0 Å². The number of nitrogens with two attached hydrogens (primary N) is 1. The third-order valence-electron chi connectivity index (χ3n) is 5.36. The van der Waals surface area contributed by atoms with Gasteiger partial charge in [0, 0.05) is 33.3 Å². The SMILES string of the molecule is COC(C)c1noc(CN2CCCN(C(=O)C3(N)CCCC3)CC2)n1.Cl.Cl. The number of amides is 1. The van der Waals surface area contributed by atoms with Gasteiger partial charge >= 0.3 is 0 Å². The molecule has 2 N–H and O–H groups in total. The number of carbonyl (C=O) groups is 1. The molecule has 1 aliphatic carbocycles. The Labute approximate surface area is 173 Å². The van der Waals surface area contributed by atoms with Crippen molar-refractivity contribution in [3.63, 3.8) is 0 Å². The molecule has 10 heteroatoms. The first kappa shape index (κ1) is 24.1. The molecule has 2 heterocycles. The lowest BCUT2D eigenvalue weighted by Crippen LogP contribution is -2.54. The molecular weight excluding hydrogens is 393 g/mol. The summed E-state index contributed by atoms with van der Waals surface area (Å²) < 4.78 is 10.5. The van der Waals surface area contributed by atoms with E-state index >= 15 is 0 Å². The van der Waals surface area contributed by atoms with Gasteiger partial charge in [-0.15, -0.1) is 24.8 Å². The molecule has 1 aromatic rings. The maximum absolute atomic E-state index is 12.8. The molecule has 27 heavy (non-hydrogen) atoms. The van der Waals surface area contributed by atoms with Crippen molar-refractivity contribution in [1.82, 2.24) is 19.9 Å². The zero-order chi connectivity index (χ0) is 17.9. The molecule has 0 bridgehead atoms. The van der Waals surface area contributed by atoms with Crippen molar-refractivity contribution in [3.8, 4) is 0 Å². The zero-order valence-corrected chi connectivity index (χ0v) is 17.7. The van der Waals surface area contributed by atoms with Crippen LogP contribution in [0.1, 0.15) is 56.8 Å². The summed E-state index contributed by atoms with van der Waals surface area (Å²) in [5, 5.41) is 3.96. The van der Waals surface area contributed by atoms with Crippen LogP contribution in [0, 0.1) is 0 Å². The predicted molar refractivity (Wildman–Crippen MR) is 106 cm³/mol. The highest BCUT2D eigenvalue weighted by Gasteiger charge is 2.40. The summed E-state index contributed by atoms with van der Waals surface area (Å²) in [6, 6.07) is 0. The lowest BCUT2D eigenvalue weighted by atomic mass is 9.97. The Hall–Kier alpha value is -0.930. The topological polar surface area (TPSA) is 97.7 Å². The van der Waals surface area contributed by atoms with E-state index in [1.165, 1.54) is 0 Å². The number of nitrogens with zero attached hydrogens (tertiary/aromatic N) is 4. The second-order valence-electron chi connectivity index (χ2n) is 7.21. The van der Waals surface area contributed by atoms with Crippen LogP contribution in [0.15, 0.2) is 4.52 Å². The molecule has 0 aromatic carbocycles. The monoisotopic (exact) mass is 423 g/mol. The van der Waals surface area contributed by atoms with Crippen LogP contribution >= 0.6 is 24.8 Å². The van der Waals surface area contributed by atoms with E-state index in [0.29, 0.717) is 24.8 Å². The number of carbonyl (C=O) groups excluding carboxylic acids is 1. The van der Waals surface area contributed by atoms with E-state index < -0.39 is 5.54 Å². The molecule has 1 saturated heterocycles. The summed E-state index contributed by atoms with van der Waals surface area (Å²) in [5.74, 6) is 1.28. The van der Waals surface area contributed by atoms with Crippen LogP contribution in [-0.4, -0.2) is 64.7 Å². The van der Waals surface area contributed by atoms with E-state index in [4.69, 9.17) is 15.0 Å². The van der Waals surface area contributed by atoms with Crippen LogP contribution in [0.25, 0.3) is 0 Å². The van der Waals surface area contributed by atoms with Crippen LogP contribution in [-0.2, 0) is 16.1 Å². The van der Waals surface area contributed by atoms with E-state index in [1.807, 2.05) is 11.8 Å². The number of halogens is 2. The summed E-state index contributed by atoms with van der Waals surface area (Å²) in [6.45, 7) is 5.64. The summed E-state index contributed by atoms with van der Waals surface area (Å²) in [4.78, 5) is 21.4. The van der Waals surface area contributed by atoms with Crippen molar-refractivity contribution in [2.75, 3.05) is 33.3 Å². The highest BCUT2D eigenvalue weighted by atomic mass is 35.5. The van der Waals surface area contributed by atoms with Gasteiger partial charge in [-0.25, -0.2) is 0 Å². The first-order valence-corrected chi connectivity index (χ1v) is 9.18. The van der Waals surface area contributed by atoms with E-state index in [9.17, 15) is 4.79 Å². The van der Waals surface area contributed by atoms with Crippen LogP contribution in [0.4, 0.5) is 0 Å². The van der Waals surface area contributed by atoms with Gasteiger partial charge in [0.15, 0.2) is 5.82 Å². The second-order valence-corrected chi connectivity index (χ2v) is 7.21. The quantitative estimate of drug-likeness (QED) is 0.771. The molecule has 0 radical (unpaired) electrons. The zero-order valence-electron chi connectivity index (χ0n) is 16.1. The molecule has 1 unspecified atom stereocenters. The van der Waals surface area contributed by atoms with Gasteiger partial charge in [0.25, 0.3) is 0 Å². The lowest BCUT2D eigenvalue weighted by Gasteiger charge is -2.30. The fourth-order valence-corrected chi connectivity index (χ4v) is 3.66. The molecular formula is C17H31Cl2N5O3. The minimum atomic E-state index is -0.632. The van der Waals surface area contributed by atoms with Crippen molar-refractivity contribution in [2.45, 2.75) is 57.2 Å². The molecule has 0 spiro atoms. The predicted octanol–water partition coefficient (Wildman–Crippen LogP) is 1.93. The lowest BCUT2D eigenvalue weighted by molar-refractivity contribution is -0.136. The number of rotatable bonds is 5. The van der Waals surface area contributed by atoms with E-state index in [0.717, 1.165) is 51.7 Å². The molecule has 1 saturated carbocycles. The van der Waals surface area contributed by atoms with Crippen molar-refractivity contribution in [2.24, 2.45) is 5.73 Å². The van der Waals surface area contributed by atoms with Crippen molar-refractivity contribution < 1.29 is 14.1 Å². The van der Waals surface area contributed by atoms with Crippen molar-refractivity contribution in [3.05, 3.63) is 11.7 Å². The van der Waals surface area contributed by atoms with E-state index in [1.54, 1.807) is 7.11 Å². The van der Waals surface area contributed by atoms with Crippen LogP contribution < -0.4 is 5.73 Å². The standard InChI is InChI=1S/C17H29N5O3.2ClH/c1-13(24-2)15-19-14(25-20-15)12-21-8-5-9-22(11-10-21)16(23)17(18)6-3-4-7-17;;/h13H,3-12,18H2,1-2H3;2*1H. The van der Waals surface area contributed by atoms with Crippen LogP contribution in [0.2, 0.25) is 0 Å². The van der Waals surface area contributed by atoms with Gasteiger partial charge < -0.3 is 19.9 Å². The minimum absolute atomic E-state index is 0. The van der Waals surface area contributed by atoms with Gasteiger partial charge in [0.05, 0.1) is 12.1 Å². The molecule has 1 aliphatic heterocycles. The Bertz CT molecular complexity index is 595. The second kappa shape index (κ2) is 10.6. The Morgan fingerprint density at radius 2 is 1.93 bits per heavy atom. The van der Waals surface area contributed by atoms with Gasteiger partial charge in [0.2, 0.25) is 11.8 Å². The highest BCUT2D eigenvalue weighted by Crippen LogP contribution is 2.29. The minimum Gasteiger partial charge on any atom is -0.374 e. The Morgan fingerprint density at radius 3 is 2.59 bits per heavy atom. The third kappa shape index (κ3) is 5.77. The fourth-order valence-electron chi connectivity index (χ4n) is 3.66. The number of ether oxygens (including phenoxy) is 1. The first-order chi connectivity index (χ1) is 12.0. The number of hydrogen-bond acceptors (Lipinski definition) is 7. The van der Waals surface area contributed by atoms with Crippen LogP contribution in [0.5, 0.6) is 0 Å². The molecule has 8 nitrogen and oxygen atoms in total. The number of methoxy groups -OCH3 is 1. The van der Waals surface area contributed by atoms with Gasteiger partial charge in [-0.05, 0) is 26.2 Å². The average molecular weight is 424 g/mol. The summed E-state index contributed by atoms with van der Waals surface area (Å²) in [7, 11) is 1.62. The Morgan fingerprint density at radius 1 is 1.22 bits per heavy atom. The largest absolute Gasteiger partial charge is 0.374 e. The highest BCUT2D eigenvalue weighted by molar-refractivity contribution is 5.86. The van der Waals surface area contributed by atoms with Gasteiger partial charge in [-0.3, -0.25) is 9.69 Å². The van der Waals surface area contributed by atoms with E-state index in [-0.39, 0.29) is 36.8 Å². The summed E-state index contributed by atoms with van der Waals surface area (Å²) in [6.07, 6.45) is 4.49. The Balaban J connectivity index is 0.00000182. The van der Waals surface area contributed by atoms with Crippen molar-refractivity contribution >= 4 is 30.7 Å². The number of hydrogen-bond donors (Lipinski definition) is 1. The third-order valence-corrected chi connectivity index (χ3v) is 5.36. The van der Waals surface area contributed by atoms with Crippen LogP contribution in [0.3, 0.4) is 0 Å². The molecule has 1 amide bonds. The molecule has 3 rings (SSSR count). The van der Waals surface area contributed by atoms with Gasteiger partial charge in [0.1, 0.15) is 6.10 Å². The van der Waals surface area contributed by atoms with Crippen molar-refractivity contribution in [1.29, 1.82) is 0 Å². The summed E-state index contributed by atoms with van der Waals surface area (Å²) in [5.41, 5.74) is 5.70. The Kier molecular flexibility index (Phi) is 9.44. The molecule has 1 atom stereocenters. The van der Waals surface area contributed by atoms with Gasteiger partial charge in [-0.1, -0.05) is 18.0 Å². The van der Waals surface area contributed by atoms with Gasteiger partial charge in [-0.2, -0.15) is 4.98 Å². The fraction of sp³-hybridized carbons (Fsp3) is 0.824. The average Bonchev–Trinajstić information content (AvgIpc) is 3.19. The normalized spacial score (nSPS) is 21.1. The smallest absolute Gasteiger partial charge is 0.242 e.